The first-order valence-electron chi connectivity index (χ1n) is 9.46. The fourth-order valence-corrected chi connectivity index (χ4v) is 4.67. The van der Waals surface area contributed by atoms with Crippen LogP contribution in [-0.2, 0) is 11.3 Å². The van der Waals surface area contributed by atoms with Gasteiger partial charge >= 0.3 is 0 Å². The molecule has 5 nitrogen and oxygen atoms in total. The van der Waals surface area contributed by atoms with Gasteiger partial charge in [-0.15, -0.1) is 11.3 Å². The quantitative estimate of drug-likeness (QED) is 0.683. The van der Waals surface area contributed by atoms with E-state index in [4.69, 9.17) is 16.6 Å². The van der Waals surface area contributed by atoms with Crippen LogP contribution in [-0.4, -0.2) is 52.9 Å². The van der Waals surface area contributed by atoms with E-state index in [9.17, 15) is 4.79 Å². The van der Waals surface area contributed by atoms with Crippen LogP contribution in [0.4, 0.5) is 5.69 Å². The Balaban J connectivity index is 1.30. The Morgan fingerprint density at radius 3 is 2.71 bits per heavy atom. The molecule has 1 fully saturated rings. The third-order valence-electron chi connectivity index (χ3n) is 5.12. The number of anilines is 1. The maximum atomic E-state index is 12.6. The van der Waals surface area contributed by atoms with Crippen molar-refractivity contribution in [2.75, 3.05) is 31.5 Å². The number of piperazine rings is 1. The fraction of sp³-hybridized carbons (Fsp3) is 0.333. The molecule has 0 spiro atoms. The normalized spacial score (nSPS) is 16.9. The number of hydrogen-bond acceptors (Lipinski definition) is 5. The molecule has 1 aliphatic heterocycles. The van der Waals surface area contributed by atoms with E-state index in [0.29, 0.717) is 5.02 Å². The lowest BCUT2D eigenvalue weighted by Gasteiger charge is -2.37. The van der Waals surface area contributed by atoms with Gasteiger partial charge in [-0.2, -0.15) is 0 Å². The molecule has 3 aromatic rings. The van der Waals surface area contributed by atoms with Crippen molar-refractivity contribution in [3.63, 3.8) is 0 Å². The number of para-hydroxylation sites is 1. The van der Waals surface area contributed by atoms with Crippen LogP contribution in [0.5, 0.6) is 0 Å². The van der Waals surface area contributed by atoms with Crippen LogP contribution < -0.4 is 5.32 Å². The first kappa shape index (κ1) is 19.3. The van der Waals surface area contributed by atoms with Gasteiger partial charge in [-0.3, -0.25) is 14.6 Å². The SMILES string of the molecule is C[C@@H](C(=O)Nc1cccc(Cl)c1)N1CCN(Cc2nc3ccccc3s2)CC1. The van der Waals surface area contributed by atoms with E-state index in [1.54, 1.807) is 23.5 Å². The van der Waals surface area contributed by atoms with E-state index < -0.39 is 0 Å². The highest BCUT2D eigenvalue weighted by atomic mass is 35.5. The second-order valence-corrected chi connectivity index (χ2v) is 8.61. The smallest absolute Gasteiger partial charge is 0.241 e. The lowest BCUT2D eigenvalue weighted by atomic mass is 10.2. The van der Waals surface area contributed by atoms with Crippen LogP contribution in [0.25, 0.3) is 10.2 Å². The number of rotatable bonds is 5. The number of nitrogens with zero attached hydrogens (tertiary/aromatic N) is 3. The second kappa shape index (κ2) is 8.57. The zero-order chi connectivity index (χ0) is 19.5. The summed E-state index contributed by atoms with van der Waals surface area (Å²) >= 11 is 7.76. The average molecular weight is 415 g/mol. The first-order valence-corrected chi connectivity index (χ1v) is 10.7. The molecule has 2 heterocycles. The summed E-state index contributed by atoms with van der Waals surface area (Å²) in [5.41, 5.74) is 1.81. The predicted molar refractivity (Wildman–Crippen MR) is 116 cm³/mol. The van der Waals surface area contributed by atoms with Gasteiger partial charge < -0.3 is 5.32 Å². The number of carbonyl (C=O) groups is 1. The molecule has 0 aliphatic carbocycles. The number of fused-ring (bicyclic) bond motifs is 1. The van der Waals surface area contributed by atoms with Gasteiger partial charge in [0.1, 0.15) is 5.01 Å². The number of aromatic nitrogens is 1. The Morgan fingerprint density at radius 2 is 1.96 bits per heavy atom. The molecule has 0 unspecified atom stereocenters. The highest BCUT2D eigenvalue weighted by Crippen LogP contribution is 2.23. The molecule has 1 amide bonds. The molecule has 1 aromatic heterocycles. The van der Waals surface area contributed by atoms with Crippen molar-refractivity contribution < 1.29 is 4.79 Å². The molecule has 7 heteroatoms. The summed E-state index contributed by atoms with van der Waals surface area (Å²) in [7, 11) is 0. The van der Waals surface area contributed by atoms with Crippen molar-refractivity contribution in [2.45, 2.75) is 19.5 Å². The molecule has 0 bridgehead atoms. The summed E-state index contributed by atoms with van der Waals surface area (Å²) in [6, 6.07) is 15.3. The highest BCUT2D eigenvalue weighted by molar-refractivity contribution is 7.18. The molecule has 1 saturated heterocycles. The van der Waals surface area contributed by atoms with Crippen LogP contribution in [0.2, 0.25) is 5.02 Å². The summed E-state index contributed by atoms with van der Waals surface area (Å²) in [6.45, 7) is 6.44. The molecule has 28 heavy (non-hydrogen) atoms. The van der Waals surface area contributed by atoms with Gasteiger partial charge in [0.2, 0.25) is 5.91 Å². The van der Waals surface area contributed by atoms with Crippen LogP contribution >= 0.6 is 22.9 Å². The molecular formula is C21H23ClN4OS. The van der Waals surface area contributed by atoms with Crippen LogP contribution in [0, 0.1) is 0 Å². The van der Waals surface area contributed by atoms with Gasteiger partial charge in [-0.1, -0.05) is 29.8 Å². The lowest BCUT2D eigenvalue weighted by Crippen LogP contribution is -2.52. The number of amides is 1. The van der Waals surface area contributed by atoms with Crippen LogP contribution in [0.15, 0.2) is 48.5 Å². The maximum Gasteiger partial charge on any atom is 0.241 e. The minimum Gasteiger partial charge on any atom is -0.325 e. The molecule has 0 saturated carbocycles. The molecule has 2 aromatic carbocycles. The Bertz CT molecular complexity index is 935. The van der Waals surface area contributed by atoms with Crippen molar-refractivity contribution in [1.82, 2.24) is 14.8 Å². The molecule has 146 valence electrons. The Labute approximate surface area is 173 Å². The Kier molecular flexibility index (Phi) is 5.92. The fourth-order valence-electron chi connectivity index (χ4n) is 3.47. The number of halogens is 1. The highest BCUT2D eigenvalue weighted by Gasteiger charge is 2.26. The number of nitrogens with one attached hydrogen (secondary N) is 1. The van der Waals surface area contributed by atoms with Crippen LogP contribution in [0.3, 0.4) is 0 Å². The van der Waals surface area contributed by atoms with Gasteiger partial charge in [-0.05, 0) is 37.3 Å². The minimum absolute atomic E-state index is 0.00175. The summed E-state index contributed by atoms with van der Waals surface area (Å²) in [4.78, 5) is 22.0. The average Bonchev–Trinajstić information content (AvgIpc) is 3.10. The standard InChI is InChI=1S/C21H23ClN4OS/c1-15(21(27)23-17-6-4-5-16(22)13-17)26-11-9-25(10-12-26)14-20-24-18-7-2-3-8-19(18)28-20/h2-8,13,15H,9-12,14H2,1H3,(H,23,27)/t15-/m0/s1. The zero-order valence-electron chi connectivity index (χ0n) is 15.8. The predicted octanol–water partition coefficient (Wildman–Crippen LogP) is 4.09. The zero-order valence-corrected chi connectivity index (χ0v) is 17.3. The summed E-state index contributed by atoms with van der Waals surface area (Å²) in [6.07, 6.45) is 0. The molecular weight excluding hydrogens is 392 g/mol. The van der Waals surface area contributed by atoms with E-state index in [-0.39, 0.29) is 11.9 Å². The number of hydrogen-bond donors (Lipinski definition) is 1. The van der Waals surface area contributed by atoms with Gasteiger partial charge in [-0.25, -0.2) is 4.98 Å². The third kappa shape index (κ3) is 4.52. The van der Waals surface area contributed by atoms with Crippen molar-refractivity contribution in [3.8, 4) is 0 Å². The molecule has 1 N–H and O–H groups in total. The maximum absolute atomic E-state index is 12.6. The van der Waals surface area contributed by atoms with E-state index >= 15 is 0 Å². The molecule has 4 rings (SSSR count). The summed E-state index contributed by atoms with van der Waals surface area (Å²) in [5.74, 6) is 0.00175. The van der Waals surface area contributed by atoms with Crippen molar-refractivity contribution >= 4 is 44.7 Å². The molecule has 1 aliphatic rings. The topological polar surface area (TPSA) is 48.5 Å². The Morgan fingerprint density at radius 1 is 1.18 bits per heavy atom. The third-order valence-corrected chi connectivity index (χ3v) is 6.38. The minimum atomic E-state index is -0.177. The molecule has 1 atom stereocenters. The van der Waals surface area contributed by atoms with Crippen molar-refractivity contribution in [3.05, 3.63) is 58.6 Å². The first-order chi connectivity index (χ1) is 13.6. The number of benzene rings is 2. The Hall–Kier alpha value is -1.99. The van der Waals surface area contributed by atoms with Gasteiger partial charge in [0.25, 0.3) is 0 Å². The van der Waals surface area contributed by atoms with Gasteiger partial charge in [0.15, 0.2) is 0 Å². The summed E-state index contributed by atoms with van der Waals surface area (Å²) < 4.78 is 1.24. The van der Waals surface area contributed by atoms with E-state index in [2.05, 4.69) is 33.3 Å². The van der Waals surface area contributed by atoms with Crippen molar-refractivity contribution in [2.24, 2.45) is 0 Å². The van der Waals surface area contributed by atoms with E-state index in [0.717, 1.165) is 48.9 Å². The van der Waals surface area contributed by atoms with Crippen LogP contribution in [0.1, 0.15) is 11.9 Å². The largest absolute Gasteiger partial charge is 0.325 e. The monoisotopic (exact) mass is 414 g/mol. The van der Waals surface area contributed by atoms with E-state index in [1.165, 1.54) is 4.70 Å². The van der Waals surface area contributed by atoms with Gasteiger partial charge in [0.05, 0.1) is 22.8 Å². The second-order valence-electron chi connectivity index (χ2n) is 7.06. The number of carbonyl (C=O) groups excluding carboxylic acids is 1. The number of thiazole rings is 1. The molecule has 0 radical (unpaired) electrons. The van der Waals surface area contributed by atoms with E-state index in [1.807, 2.05) is 25.1 Å². The lowest BCUT2D eigenvalue weighted by molar-refractivity contribution is -0.121. The van der Waals surface area contributed by atoms with Crippen molar-refractivity contribution in [1.29, 1.82) is 0 Å². The van der Waals surface area contributed by atoms with Gasteiger partial charge in [0, 0.05) is 36.9 Å². The summed E-state index contributed by atoms with van der Waals surface area (Å²) in [5, 5.41) is 4.73.